The van der Waals surface area contributed by atoms with E-state index in [1.807, 2.05) is 116 Å². The molecule has 0 aliphatic carbocycles. The number of pyridine rings is 10. The fraction of sp³-hybridized carbons (Fsp3) is 0.300. The molecular formula is C80H91ClN20O6Sn. The van der Waals surface area contributed by atoms with Gasteiger partial charge in [-0.15, -0.1) is 10.2 Å². The second-order valence-corrected chi connectivity index (χ2v) is 39.2. The summed E-state index contributed by atoms with van der Waals surface area (Å²) in [4.78, 5) is 91.1. The summed E-state index contributed by atoms with van der Waals surface area (Å²) < 4.78 is 18.6. The Kier molecular flexibility index (Phi) is 31.6. The van der Waals surface area contributed by atoms with Gasteiger partial charge in [0.2, 0.25) is 11.6 Å². The van der Waals surface area contributed by atoms with E-state index in [-0.39, 0.29) is 41.0 Å². The molecule has 28 heteroatoms. The van der Waals surface area contributed by atoms with Crippen LogP contribution >= 0.6 is 11.6 Å². The Labute approximate surface area is 638 Å². The van der Waals surface area contributed by atoms with Crippen LogP contribution in [0.4, 0.5) is 11.6 Å². The molecule has 558 valence electrons. The van der Waals surface area contributed by atoms with Gasteiger partial charge < -0.3 is 20.1 Å². The van der Waals surface area contributed by atoms with Crippen molar-refractivity contribution in [3.8, 4) is 56.8 Å². The second-order valence-electron chi connectivity index (χ2n) is 25.7. The van der Waals surface area contributed by atoms with Crippen molar-refractivity contribution < 1.29 is 28.7 Å². The third-order valence-corrected chi connectivity index (χ3v) is 32.6. The molecule has 0 atom stereocenters. The third-order valence-electron chi connectivity index (χ3n) is 17.1. The van der Waals surface area contributed by atoms with Crippen molar-refractivity contribution in [2.45, 2.75) is 140 Å². The number of carbonyl (C=O) groups is 4. The number of hydrogen-bond acceptors (Lipinski definition) is 22. The zero-order valence-corrected chi connectivity index (χ0v) is 66.8. The van der Waals surface area contributed by atoms with Gasteiger partial charge in [-0.3, -0.25) is 34.5 Å². The number of esters is 2. The number of halogens is 1. The van der Waals surface area contributed by atoms with E-state index in [0.717, 1.165) is 56.0 Å². The van der Waals surface area contributed by atoms with Crippen molar-refractivity contribution in [1.29, 1.82) is 0 Å². The first-order chi connectivity index (χ1) is 52.2. The molecule has 0 saturated heterocycles. The van der Waals surface area contributed by atoms with Crippen molar-refractivity contribution in [1.82, 2.24) is 90.3 Å². The molecule has 0 aliphatic rings. The maximum Gasteiger partial charge on any atom is 0.356 e. The van der Waals surface area contributed by atoms with Crippen molar-refractivity contribution in [2.75, 3.05) is 24.9 Å². The Hall–Kier alpha value is -11.4. The Morgan fingerprint density at radius 2 is 0.787 bits per heavy atom. The van der Waals surface area contributed by atoms with Crippen LogP contribution in [0.3, 0.4) is 0 Å². The summed E-state index contributed by atoms with van der Waals surface area (Å²) >= 11 is 3.56. The molecule has 0 unspecified atom stereocenters. The van der Waals surface area contributed by atoms with Gasteiger partial charge in [0.25, 0.3) is 11.8 Å². The first-order valence-electron chi connectivity index (χ1n) is 35.7. The number of ether oxygens (including phenoxy) is 2. The van der Waals surface area contributed by atoms with Gasteiger partial charge in [0, 0.05) is 65.1 Å². The maximum atomic E-state index is 12.8. The number of hydrogen-bond donors (Lipinski definition) is 2. The average Bonchev–Trinajstić information content (AvgIpc) is 1.64. The molecule has 2 amide bonds. The molecule has 108 heavy (non-hydrogen) atoms. The van der Waals surface area contributed by atoms with E-state index in [1.165, 1.54) is 78.3 Å². The smallest absolute Gasteiger partial charge is 0.356 e. The van der Waals surface area contributed by atoms with Crippen LogP contribution in [0.1, 0.15) is 163 Å². The van der Waals surface area contributed by atoms with Gasteiger partial charge in [-0.1, -0.05) is 41.9 Å². The Morgan fingerprint density at radius 1 is 0.435 bits per heavy atom. The standard InChI is InChI=1S/2C21H20N8O.C13H12N2O2.C8H8ClNO2.C5H4N.3C4H9.Sn/c2*1-13(2)29-20(26-27-28-29)17-8-6-9-19(24-17)25-21(30)18-11-15(14(3)12-23-18)16-7-4-5-10-22-16;1-9-8-15-12(13(16)17-2)7-10(9)11-5-3-4-6-14-11;1-5-4-10-7(3-6(5)9)8(11)12-2;1-2-4-6-5-3-1;3*1-3-4-2;/h2*4-13H,1-3H3,(H,24,25,30);3-8H,1-2H3;3-4H,1-2H3;1-4H;3*1,3-4H2,2H3;. The number of unbranched alkanes of at least 4 members (excludes halogenated alkanes) is 3. The molecule has 0 spiro atoms. The molecule has 0 radical (unpaired) electrons. The number of amides is 2. The Bertz CT molecular complexity index is 4670. The number of methoxy groups -OCH3 is 2. The van der Waals surface area contributed by atoms with E-state index in [9.17, 15) is 19.2 Å². The number of aromatic nitrogens is 18. The van der Waals surface area contributed by atoms with Gasteiger partial charge >= 0.3 is 136 Å². The molecule has 0 bridgehead atoms. The van der Waals surface area contributed by atoms with Crippen LogP contribution < -0.4 is 14.3 Å². The van der Waals surface area contributed by atoms with Crippen LogP contribution in [0.5, 0.6) is 0 Å². The number of rotatable bonds is 23. The summed E-state index contributed by atoms with van der Waals surface area (Å²) in [5.41, 5.74) is 10.9. The number of carbonyl (C=O) groups excluding carboxylic acids is 4. The maximum absolute atomic E-state index is 12.8. The van der Waals surface area contributed by atoms with Crippen LogP contribution in [0.25, 0.3) is 56.8 Å². The zero-order valence-electron chi connectivity index (χ0n) is 63.2. The van der Waals surface area contributed by atoms with E-state index in [0.29, 0.717) is 45.4 Å². The fourth-order valence-electron chi connectivity index (χ4n) is 11.2. The number of tetrazole rings is 2. The van der Waals surface area contributed by atoms with Crippen molar-refractivity contribution in [3.63, 3.8) is 0 Å². The van der Waals surface area contributed by atoms with Crippen molar-refractivity contribution in [3.05, 3.63) is 233 Å². The quantitative estimate of drug-likeness (QED) is 0.0444. The summed E-state index contributed by atoms with van der Waals surface area (Å²) in [5, 5.41) is 29.6. The molecule has 12 heterocycles. The fourth-order valence-corrected chi connectivity index (χ4v) is 26.8. The first-order valence-corrected chi connectivity index (χ1v) is 43.5. The molecule has 0 fully saturated rings. The minimum Gasteiger partial charge on any atom is -0.464 e. The molecule has 0 saturated carbocycles. The minimum absolute atomic E-state index is 0.0804. The van der Waals surface area contributed by atoms with Gasteiger partial charge in [0.05, 0.1) is 43.4 Å². The van der Waals surface area contributed by atoms with Gasteiger partial charge in [-0.05, 0) is 183 Å². The Balaban J connectivity index is 0.000000177. The SMILES string of the molecule is CCC[CH2][Sn]([CH2]CCC)([CH2]CCC)[c]1ccccn1.COC(=O)c1cc(-c2ccccn2)c(C)cn1.COC(=O)c1cc(Cl)c(C)cn1.Cc1cnc(C(=O)Nc2cccc(-c3nnnn3C(C)C)n2)cc1-c1ccccn1.Cc1cnc(C(=O)Nc2cccc(-c3nnnn3C(C)C)n2)cc1-c1ccccn1. The van der Waals surface area contributed by atoms with E-state index in [1.54, 1.807) is 105 Å². The Morgan fingerprint density at radius 3 is 1.13 bits per heavy atom. The first kappa shape index (κ1) is 82.3. The molecule has 26 nitrogen and oxygen atoms in total. The average molecular weight is 1580 g/mol. The summed E-state index contributed by atoms with van der Waals surface area (Å²) in [6.07, 6.45) is 21.9. The van der Waals surface area contributed by atoms with Gasteiger partial charge in [0.1, 0.15) is 45.8 Å². The van der Waals surface area contributed by atoms with E-state index >= 15 is 0 Å². The van der Waals surface area contributed by atoms with Crippen LogP contribution in [-0.2, 0) is 9.47 Å². The van der Waals surface area contributed by atoms with Gasteiger partial charge in [0.15, 0.2) is 0 Å². The van der Waals surface area contributed by atoms with Crippen LogP contribution in [0, 0.1) is 27.7 Å². The third kappa shape index (κ3) is 23.1. The molecule has 12 rings (SSSR count). The monoisotopic (exact) mass is 1580 g/mol. The van der Waals surface area contributed by atoms with Crippen LogP contribution in [0.15, 0.2) is 183 Å². The predicted molar refractivity (Wildman–Crippen MR) is 421 cm³/mol. The molecule has 12 aromatic rings. The molecular weight excluding hydrogens is 1490 g/mol. The minimum atomic E-state index is -2.21. The summed E-state index contributed by atoms with van der Waals surface area (Å²) in [6, 6.07) is 41.0. The van der Waals surface area contributed by atoms with Gasteiger partial charge in [-0.2, -0.15) is 0 Å². The molecule has 0 aromatic carbocycles. The largest absolute Gasteiger partial charge is 0.464 e. The summed E-state index contributed by atoms with van der Waals surface area (Å²) in [6.45, 7) is 22.5. The zero-order chi connectivity index (χ0) is 77.5. The molecule has 12 aromatic heterocycles. The van der Waals surface area contributed by atoms with Crippen molar-refractivity contribution in [2.24, 2.45) is 0 Å². The normalized spacial score (nSPS) is 10.8. The predicted octanol–water partition coefficient (Wildman–Crippen LogP) is 15.9. The summed E-state index contributed by atoms with van der Waals surface area (Å²) in [7, 11) is 2.64. The van der Waals surface area contributed by atoms with E-state index in [2.05, 4.69) is 135 Å². The topological polar surface area (TPSA) is 327 Å². The van der Waals surface area contributed by atoms with Crippen molar-refractivity contribution >= 4 is 69.1 Å². The number of anilines is 2. The van der Waals surface area contributed by atoms with E-state index < -0.39 is 30.3 Å². The van der Waals surface area contributed by atoms with E-state index in [4.69, 9.17) is 16.6 Å². The number of nitrogens with zero attached hydrogens (tertiary/aromatic N) is 18. The molecule has 2 N–H and O–H groups in total. The number of aryl methyl sites for hydroxylation is 4. The van der Waals surface area contributed by atoms with Crippen LogP contribution in [0.2, 0.25) is 18.3 Å². The van der Waals surface area contributed by atoms with Crippen LogP contribution in [-0.4, -0.2) is 147 Å². The second kappa shape index (κ2) is 41.5. The van der Waals surface area contributed by atoms with Gasteiger partial charge in [-0.25, -0.2) is 38.9 Å². The molecule has 0 aliphatic heterocycles. The summed E-state index contributed by atoms with van der Waals surface area (Å²) in [5.74, 6) is 0.203. The number of nitrogens with one attached hydrogen (secondary N) is 2.